The van der Waals surface area contributed by atoms with Gasteiger partial charge in [0.15, 0.2) is 0 Å². The van der Waals surface area contributed by atoms with Gasteiger partial charge >= 0.3 is 11.9 Å². The number of aromatic nitrogens is 1. The third-order valence-corrected chi connectivity index (χ3v) is 3.36. The first-order valence-corrected chi connectivity index (χ1v) is 8.38. The number of nitrogens with zero attached hydrogens (tertiary/aromatic N) is 1. The Balaban J connectivity index is 0.000000527. The van der Waals surface area contributed by atoms with Crippen molar-refractivity contribution in [3.8, 4) is 5.75 Å². The SMILES string of the molecule is CCc1cccc(OCC(O)CNCc2cccnc2)c1.O=C(O)C(=O)O. The Bertz CT molecular complexity index is 696. The highest BCUT2D eigenvalue weighted by molar-refractivity contribution is 6.27. The predicted molar refractivity (Wildman–Crippen MR) is 98.5 cm³/mol. The van der Waals surface area contributed by atoms with Gasteiger partial charge in [0.05, 0.1) is 0 Å². The number of carboxylic acids is 2. The van der Waals surface area contributed by atoms with Crippen LogP contribution in [0, 0.1) is 0 Å². The molecule has 0 amide bonds. The van der Waals surface area contributed by atoms with Gasteiger partial charge in [0.2, 0.25) is 0 Å². The van der Waals surface area contributed by atoms with Gasteiger partial charge in [-0.15, -0.1) is 0 Å². The van der Waals surface area contributed by atoms with Crippen molar-refractivity contribution in [1.82, 2.24) is 10.3 Å². The lowest BCUT2D eigenvalue weighted by Gasteiger charge is -2.13. The van der Waals surface area contributed by atoms with Gasteiger partial charge in [0.25, 0.3) is 0 Å². The van der Waals surface area contributed by atoms with E-state index in [4.69, 9.17) is 24.5 Å². The first kappa shape index (κ1) is 22.1. The number of ether oxygens (including phenoxy) is 1. The average Bonchev–Trinajstić information content (AvgIpc) is 2.68. The second kappa shape index (κ2) is 12.4. The molecule has 4 N–H and O–H groups in total. The van der Waals surface area contributed by atoms with Gasteiger partial charge in [-0.05, 0) is 35.7 Å². The molecule has 8 heteroatoms. The Morgan fingerprint density at radius 2 is 1.85 bits per heavy atom. The summed E-state index contributed by atoms with van der Waals surface area (Å²) in [5, 5.41) is 27.9. The molecule has 0 saturated carbocycles. The molecule has 1 heterocycles. The van der Waals surface area contributed by atoms with E-state index >= 15 is 0 Å². The summed E-state index contributed by atoms with van der Waals surface area (Å²) < 4.78 is 5.61. The molecule has 0 spiro atoms. The molecular formula is C19H24N2O6. The van der Waals surface area contributed by atoms with Gasteiger partial charge in [-0.2, -0.15) is 0 Å². The van der Waals surface area contributed by atoms with Crippen LogP contribution in [0.2, 0.25) is 0 Å². The fourth-order valence-corrected chi connectivity index (χ4v) is 1.99. The van der Waals surface area contributed by atoms with E-state index in [9.17, 15) is 5.11 Å². The van der Waals surface area contributed by atoms with Crippen LogP contribution >= 0.6 is 0 Å². The normalized spacial score (nSPS) is 11.0. The van der Waals surface area contributed by atoms with Gasteiger partial charge in [0, 0.05) is 25.5 Å². The summed E-state index contributed by atoms with van der Waals surface area (Å²) in [6.07, 6.45) is 4.00. The Hall–Kier alpha value is -2.97. The minimum absolute atomic E-state index is 0.285. The largest absolute Gasteiger partial charge is 0.491 e. The fraction of sp³-hybridized carbons (Fsp3) is 0.316. The molecule has 0 aliphatic rings. The third kappa shape index (κ3) is 9.93. The Labute approximate surface area is 157 Å². The lowest BCUT2D eigenvalue weighted by atomic mass is 10.2. The first-order chi connectivity index (χ1) is 12.9. The van der Waals surface area contributed by atoms with Crippen LogP contribution in [0.25, 0.3) is 0 Å². The number of nitrogens with one attached hydrogen (secondary N) is 1. The quantitative estimate of drug-likeness (QED) is 0.508. The number of carboxylic acid groups (broad SMARTS) is 2. The third-order valence-electron chi connectivity index (χ3n) is 3.36. The number of hydrogen-bond acceptors (Lipinski definition) is 6. The number of aryl methyl sites for hydroxylation is 1. The number of rotatable bonds is 8. The van der Waals surface area contributed by atoms with Crippen molar-refractivity contribution in [2.24, 2.45) is 0 Å². The van der Waals surface area contributed by atoms with E-state index in [1.165, 1.54) is 5.56 Å². The van der Waals surface area contributed by atoms with Gasteiger partial charge in [-0.1, -0.05) is 25.1 Å². The maximum absolute atomic E-state index is 9.91. The highest BCUT2D eigenvalue weighted by atomic mass is 16.5. The van der Waals surface area contributed by atoms with Crippen molar-refractivity contribution >= 4 is 11.9 Å². The molecule has 0 fully saturated rings. The summed E-state index contributed by atoms with van der Waals surface area (Å²) in [6.45, 7) is 3.57. The zero-order valence-electron chi connectivity index (χ0n) is 15.0. The Kier molecular flexibility index (Phi) is 10.1. The van der Waals surface area contributed by atoms with E-state index in [0.29, 0.717) is 13.1 Å². The summed E-state index contributed by atoms with van der Waals surface area (Å²) in [7, 11) is 0. The molecule has 1 aromatic heterocycles. The summed E-state index contributed by atoms with van der Waals surface area (Å²) in [4.78, 5) is 22.2. The van der Waals surface area contributed by atoms with Crippen molar-refractivity contribution in [1.29, 1.82) is 0 Å². The van der Waals surface area contributed by atoms with E-state index in [1.807, 2.05) is 36.5 Å². The van der Waals surface area contributed by atoms with Crippen molar-refractivity contribution in [3.05, 3.63) is 59.9 Å². The average molecular weight is 376 g/mol. The Morgan fingerprint density at radius 3 is 2.44 bits per heavy atom. The number of aliphatic carboxylic acids is 2. The number of aliphatic hydroxyl groups is 1. The molecule has 2 rings (SSSR count). The molecule has 2 aromatic rings. The maximum atomic E-state index is 9.91. The second-order valence-corrected chi connectivity index (χ2v) is 5.57. The van der Waals surface area contributed by atoms with E-state index in [2.05, 4.69) is 23.3 Å². The lowest BCUT2D eigenvalue weighted by Crippen LogP contribution is -2.31. The smallest absolute Gasteiger partial charge is 0.414 e. The molecule has 0 aliphatic carbocycles. The molecule has 0 bridgehead atoms. The zero-order chi connectivity index (χ0) is 20.1. The van der Waals surface area contributed by atoms with Crippen molar-refractivity contribution < 1.29 is 29.6 Å². The van der Waals surface area contributed by atoms with Crippen LogP contribution in [0.15, 0.2) is 48.8 Å². The maximum Gasteiger partial charge on any atom is 0.414 e. The van der Waals surface area contributed by atoms with Crippen LogP contribution in [-0.4, -0.2) is 51.5 Å². The zero-order valence-corrected chi connectivity index (χ0v) is 15.0. The minimum atomic E-state index is -1.82. The van der Waals surface area contributed by atoms with Crippen molar-refractivity contribution in [3.63, 3.8) is 0 Å². The molecule has 0 aliphatic heterocycles. The molecule has 0 saturated heterocycles. The number of aliphatic hydroxyl groups excluding tert-OH is 1. The molecule has 0 radical (unpaired) electrons. The van der Waals surface area contributed by atoms with Gasteiger partial charge in [-0.3, -0.25) is 4.98 Å². The van der Waals surface area contributed by atoms with E-state index in [-0.39, 0.29) is 6.61 Å². The fourth-order valence-electron chi connectivity index (χ4n) is 1.99. The molecule has 1 atom stereocenters. The highest BCUT2D eigenvalue weighted by Gasteiger charge is 2.05. The van der Waals surface area contributed by atoms with Crippen molar-refractivity contribution in [2.45, 2.75) is 26.0 Å². The summed E-state index contributed by atoms with van der Waals surface area (Å²) >= 11 is 0. The van der Waals surface area contributed by atoms with E-state index in [1.54, 1.807) is 6.20 Å². The van der Waals surface area contributed by atoms with Crippen LogP contribution in [0.1, 0.15) is 18.1 Å². The van der Waals surface area contributed by atoms with E-state index < -0.39 is 18.0 Å². The monoisotopic (exact) mass is 376 g/mol. The standard InChI is InChI=1S/C17H22N2O2.C2H2O4/c1-2-14-5-3-7-17(9-14)21-13-16(20)12-19-11-15-6-4-8-18-10-15;3-1(4)2(5)6/h3-10,16,19-20H,2,11-13H2,1H3;(H,3,4)(H,5,6). The van der Waals surface area contributed by atoms with Crippen molar-refractivity contribution in [2.75, 3.05) is 13.2 Å². The summed E-state index contributed by atoms with van der Waals surface area (Å²) in [6, 6.07) is 11.9. The van der Waals surface area contributed by atoms with Crippen LogP contribution in [0.4, 0.5) is 0 Å². The number of hydrogen-bond donors (Lipinski definition) is 4. The number of carbonyl (C=O) groups is 2. The lowest BCUT2D eigenvalue weighted by molar-refractivity contribution is -0.159. The summed E-state index contributed by atoms with van der Waals surface area (Å²) in [5.74, 6) is -2.84. The highest BCUT2D eigenvalue weighted by Crippen LogP contribution is 2.13. The van der Waals surface area contributed by atoms with Crippen LogP contribution in [0.5, 0.6) is 5.75 Å². The minimum Gasteiger partial charge on any atom is -0.491 e. The molecule has 8 nitrogen and oxygen atoms in total. The number of pyridine rings is 1. The molecule has 146 valence electrons. The predicted octanol–water partition coefficient (Wildman–Crippen LogP) is 1.33. The second-order valence-electron chi connectivity index (χ2n) is 5.57. The van der Waals surface area contributed by atoms with Crippen LogP contribution in [0.3, 0.4) is 0 Å². The van der Waals surface area contributed by atoms with Gasteiger partial charge in [0.1, 0.15) is 18.5 Å². The topological polar surface area (TPSA) is 129 Å². The molecule has 27 heavy (non-hydrogen) atoms. The van der Waals surface area contributed by atoms with Gasteiger partial charge in [-0.25, -0.2) is 9.59 Å². The summed E-state index contributed by atoms with van der Waals surface area (Å²) in [5.41, 5.74) is 2.33. The molecular weight excluding hydrogens is 352 g/mol. The van der Waals surface area contributed by atoms with Gasteiger partial charge < -0.3 is 25.4 Å². The Morgan fingerprint density at radius 1 is 1.15 bits per heavy atom. The molecule has 1 unspecified atom stereocenters. The van der Waals surface area contributed by atoms with Crippen LogP contribution < -0.4 is 10.1 Å². The first-order valence-electron chi connectivity index (χ1n) is 8.38. The molecule has 1 aromatic carbocycles. The number of benzene rings is 1. The van der Waals surface area contributed by atoms with E-state index in [0.717, 1.165) is 17.7 Å². The van der Waals surface area contributed by atoms with Crippen LogP contribution in [-0.2, 0) is 22.6 Å².